The van der Waals surface area contributed by atoms with Crippen molar-refractivity contribution in [1.29, 1.82) is 0 Å². The summed E-state index contributed by atoms with van der Waals surface area (Å²) in [7, 11) is 1.63. The zero-order valence-electron chi connectivity index (χ0n) is 6.89. The molecule has 0 amide bonds. The zero-order chi connectivity index (χ0) is 7.82. The Morgan fingerprint density at radius 3 is 2.80 bits per heavy atom. The van der Waals surface area contributed by atoms with Gasteiger partial charge in [-0.05, 0) is 25.3 Å². The van der Waals surface area contributed by atoms with Crippen molar-refractivity contribution in [3.05, 3.63) is 0 Å². The lowest BCUT2D eigenvalue weighted by Crippen LogP contribution is -2.16. The van der Waals surface area contributed by atoms with Gasteiger partial charge in [0.1, 0.15) is 0 Å². The van der Waals surface area contributed by atoms with Crippen LogP contribution in [-0.2, 0) is 4.84 Å². The second kappa shape index (κ2) is 6.99. The minimum Gasteiger partial charge on any atom is -0.330 e. The van der Waals surface area contributed by atoms with Crippen LogP contribution >= 0.6 is 0 Å². The van der Waals surface area contributed by atoms with Crippen LogP contribution in [0.25, 0.3) is 0 Å². The van der Waals surface area contributed by atoms with Gasteiger partial charge in [0, 0.05) is 6.54 Å². The van der Waals surface area contributed by atoms with Gasteiger partial charge in [0.05, 0.1) is 7.11 Å². The summed E-state index contributed by atoms with van der Waals surface area (Å²) in [6.07, 6.45) is 2.30. The van der Waals surface area contributed by atoms with Crippen LogP contribution in [0.2, 0.25) is 0 Å². The average molecular weight is 146 g/mol. The maximum atomic E-state index is 5.44. The van der Waals surface area contributed by atoms with Gasteiger partial charge in [0.2, 0.25) is 0 Å². The number of nitrogens with two attached hydrogens (primary N) is 1. The maximum absolute atomic E-state index is 5.44. The monoisotopic (exact) mass is 146 g/mol. The lowest BCUT2D eigenvalue weighted by molar-refractivity contribution is 0.0898. The molecule has 3 N–H and O–H groups in total. The lowest BCUT2D eigenvalue weighted by atomic mass is 10.1. The maximum Gasteiger partial charge on any atom is 0.0572 e. The quantitative estimate of drug-likeness (QED) is 0.424. The molecule has 1 atom stereocenters. The van der Waals surface area contributed by atoms with E-state index in [1.165, 1.54) is 6.42 Å². The molecule has 0 radical (unpaired) electrons. The molecule has 0 saturated carbocycles. The minimum absolute atomic E-state index is 0.638. The molecule has 3 heteroatoms. The van der Waals surface area contributed by atoms with Crippen molar-refractivity contribution in [3.8, 4) is 0 Å². The Bertz CT molecular complexity index is 68.6. The lowest BCUT2D eigenvalue weighted by Gasteiger charge is -2.06. The first kappa shape index (κ1) is 9.88. The molecule has 0 aromatic heterocycles. The van der Waals surface area contributed by atoms with E-state index in [1.54, 1.807) is 7.11 Å². The second-order valence-corrected chi connectivity index (χ2v) is 2.58. The van der Waals surface area contributed by atoms with Gasteiger partial charge in [-0.3, -0.25) is 0 Å². The Labute approximate surface area is 62.9 Å². The molecule has 10 heavy (non-hydrogen) atoms. The molecule has 0 bridgehead atoms. The van der Waals surface area contributed by atoms with Gasteiger partial charge in [-0.2, -0.15) is 0 Å². The topological polar surface area (TPSA) is 47.3 Å². The van der Waals surface area contributed by atoms with Gasteiger partial charge in [0.15, 0.2) is 0 Å². The Morgan fingerprint density at radius 1 is 1.60 bits per heavy atom. The Morgan fingerprint density at radius 2 is 2.30 bits per heavy atom. The summed E-state index contributed by atoms with van der Waals surface area (Å²) in [5, 5.41) is 0. The van der Waals surface area contributed by atoms with Crippen molar-refractivity contribution in [3.63, 3.8) is 0 Å². The smallest absolute Gasteiger partial charge is 0.0572 e. The van der Waals surface area contributed by atoms with Crippen molar-refractivity contribution in [2.45, 2.75) is 19.8 Å². The van der Waals surface area contributed by atoms with E-state index in [4.69, 9.17) is 5.73 Å². The number of nitrogens with one attached hydrogen (secondary N) is 1. The van der Waals surface area contributed by atoms with Crippen molar-refractivity contribution >= 4 is 0 Å². The first-order valence-electron chi connectivity index (χ1n) is 3.77. The Kier molecular flexibility index (Phi) is 6.91. The van der Waals surface area contributed by atoms with Crippen LogP contribution in [0.5, 0.6) is 0 Å². The van der Waals surface area contributed by atoms with E-state index in [9.17, 15) is 0 Å². The summed E-state index contributed by atoms with van der Waals surface area (Å²) in [6.45, 7) is 3.86. The Hall–Kier alpha value is -0.120. The standard InChI is InChI=1S/C7H18N2O/c1-7(6-8)4-3-5-9-10-2/h7,9H,3-6,8H2,1-2H3. The van der Waals surface area contributed by atoms with Crippen LogP contribution in [0.1, 0.15) is 19.8 Å². The average Bonchev–Trinajstić information content (AvgIpc) is 1.98. The zero-order valence-corrected chi connectivity index (χ0v) is 6.89. The minimum atomic E-state index is 0.638. The van der Waals surface area contributed by atoms with E-state index in [1.807, 2.05) is 0 Å². The van der Waals surface area contributed by atoms with E-state index < -0.39 is 0 Å². The molecule has 0 aromatic rings. The van der Waals surface area contributed by atoms with Crippen molar-refractivity contribution in [2.75, 3.05) is 20.2 Å². The predicted octanol–water partition coefficient (Wildman–Crippen LogP) is 0.512. The fourth-order valence-corrected chi connectivity index (χ4v) is 0.743. The highest BCUT2D eigenvalue weighted by molar-refractivity contribution is 4.52. The summed E-state index contributed by atoms with van der Waals surface area (Å²) in [5.41, 5.74) is 8.22. The van der Waals surface area contributed by atoms with Gasteiger partial charge in [-0.25, -0.2) is 5.48 Å². The third kappa shape index (κ3) is 6.01. The highest BCUT2D eigenvalue weighted by Gasteiger charge is 1.96. The first-order chi connectivity index (χ1) is 4.81. The van der Waals surface area contributed by atoms with Crippen LogP contribution in [0, 0.1) is 5.92 Å². The summed E-state index contributed by atoms with van der Waals surface area (Å²) >= 11 is 0. The molecule has 0 spiro atoms. The van der Waals surface area contributed by atoms with E-state index in [0.29, 0.717) is 5.92 Å². The van der Waals surface area contributed by atoms with Gasteiger partial charge in [-0.1, -0.05) is 6.92 Å². The molecule has 0 rings (SSSR count). The Balaban J connectivity index is 2.89. The third-order valence-electron chi connectivity index (χ3n) is 1.52. The van der Waals surface area contributed by atoms with Crippen LogP contribution in [0.4, 0.5) is 0 Å². The molecule has 0 aromatic carbocycles. The second-order valence-electron chi connectivity index (χ2n) is 2.58. The molecule has 0 fully saturated rings. The van der Waals surface area contributed by atoms with Crippen molar-refractivity contribution < 1.29 is 4.84 Å². The van der Waals surface area contributed by atoms with Crippen molar-refractivity contribution in [2.24, 2.45) is 11.7 Å². The molecule has 3 nitrogen and oxygen atoms in total. The molecular formula is C7H18N2O. The predicted molar refractivity (Wildman–Crippen MR) is 42.5 cm³/mol. The largest absolute Gasteiger partial charge is 0.330 e. The summed E-state index contributed by atoms with van der Waals surface area (Å²) in [6, 6.07) is 0. The highest BCUT2D eigenvalue weighted by Crippen LogP contribution is 2.01. The summed E-state index contributed by atoms with van der Waals surface area (Å²) < 4.78 is 0. The molecule has 0 aliphatic rings. The van der Waals surface area contributed by atoms with Crippen LogP contribution in [-0.4, -0.2) is 20.2 Å². The normalized spacial score (nSPS) is 13.5. The summed E-state index contributed by atoms with van der Waals surface area (Å²) in [4.78, 5) is 4.68. The van der Waals surface area contributed by atoms with Gasteiger partial charge in [-0.15, -0.1) is 0 Å². The van der Waals surface area contributed by atoms with Crippen LogP contribution < -0.4 is 11.2 Å². The van der Waals surface area contributed by atoms with E-state index in [-0.39, 0.29) is 0 Å². The van der Waals surface area contributed by atoms with Crippen molar-refractivity contribution in [1.82, 2.24) is 5.48 Å². The van der Waals surface area contributed by atoms with Gasteiger partial charge >= 0.3 is 0 Å². The van der Waals surface area contributed by atoms with Gasteiger partial charge < -0.3 is 10.6 Å². The fourth-order valence-electron chi connectivity index (χ4n) is 0.743. The van der Waals surface area contributed by atoms with Gasteiger partial charge in [0.25, 0.3) is 0 Å². The molecule has 0 heterocycles. The van der Waals surface area contributed by atoms with E-state index in [2.05, 4.69) is 17.2 Å². The molecule has 0 aliphatic heterocycles. The molecule has 0 aliphatic carbocycles. The molecular weight excluding hydrogens is 128 g/mol. The summed E-state index contributed by atoms with van der Waals surface area (Å²) in [5.74, 6) is 0.638. The van der Waals surface area contributed by atoms with Crippen LogP contribution in [0.3, 0.4) is 0 Å². The number of hydroxylamine groups is 1. The SMILES string of the molecule is CONCCCC(C)CN. The molecule has 62 valence electrons. The number of rotatable bonds is 6. The number of hydrogen-bond donors (Lipinski definition) is 2. The van der Waals surface area contributed by atoms with Crippen LogP contribution in [0.15, 0.2) is 0 Å². The third-order valence-corrected chi connectivity index (χ3v) is 1.52. The van der Waals surface area contributed by atoms with E-state index in [0.717, 1.165) is 19.5 Å². The number of hydrogen-bond acceptors (Lipinski definition) is 3. The highest BCUT2D eigenvalue weighted by atomic mass is 16.6. The molecule has 0 saturated heterocycles. The van der Waals surface area contributed by atoms with E-state index >= 15 is 0 Å². The first-order valence-corrected chi connectivity index (χ1v) is 3.77. The molecule has 1 unspecified atom stereocenters. The fraction of sp³-hybridized carbons (Fsp3) is 1.00.